The fourth-order valence-corrected chi connectivity index (χ4v) is 1.69. The van der Waals surface area contributed by atoms with Gasteiger partial charge in [0, 0.05) is 12.4 Å². The molecule has 1 unspecified atom stereocenters. The van der Waals surface area contributed by atoms with Gasteiger partial charge in [0.25, 0.3) is 0 Å². The Morgan fingerprint density at radius 1 is 1.31 bits per heavy atom. The number of aryl methyl sites for hydroxylation is 1. The third-order valence-electron chi connectivity index (χ3n) is 2.43. The summed E-state index contributed by atoms with van der Waals surface area (Å²) in [6.07, 6.45) is -4.46. The first-order chi connectivity index (χ1) is 7.41. The van der Waals surface area contributed by atoms with E-state index in [2.05, 4.69) is 5.10 Å². The molecule has 0 saturated carbocycles. The van der Waals surface area contributed by atoms with E-state index in [1.54, 1.807) is 24.3 Å². The van der Waals surface area contributed by atoms with E-state index in [-0.39, 0.29) is 5.69 Å². The zero-order chi connectivity index (χ0) is 11.9. The summed E-state index contributed by atoms with van der Waals surface area (Å²) in [5.74, 6) is 0. The van der Waals surface area contributed by atoms with Crippen LogP contribution in [0.3, 0.4) is 0 Å². The number of nitrogens with two attached hydrogens (primary N) is 1. The molecule has 1 heterocycles. The zero-order valence-corrected chi connectivity index (χ0v) is 8.49. The molecule has 0 aliphatic carbocycles. The minimum atomic E-state index is -4.46. The second-order valence-electron chi connectivity index (χ2n) is 3.55. The van der Waals surface area contributed by atoms with Gasteiger partial charge in [0.15, 0.2) is 0 Å². The van der Waals surface area contributed by atoms with Crippen LogP contribution in [-0.2, 0) is 7.05 Å². The summed E-state index contributed by atoms with van der Waals surface area (Å²) in [4.78, 5) is 0. The monoisotopic (exact) mass is 229 g/mol. The van der Waals surface area contributed by atoms with E-state index in [4.69, 9.17) is 5.73 Å². The van der Waals surface area contributed by atoms with Gasteiger partial charge in [-0.05, 0) is 6.07 Å². The Balaban J connectivity index is 2.64. The van der Waals surface area contributed by atoms with Crippen molar-refractivity contribution in [3.05, 3.63) is 30.0 Å². The van der Waals surface area contributed by atoms with Crippen molar-refractivity contribution in [2.75, 3.05) is 0 Å². The SMILES string of the molecule is Cn1nc2ccccc2c1C(N)C(F)(F)F. The van der Waals surface area contributed by atoms with Crippen LogP contribution in [-0.4, -0.2) is 16.0 Å². The lowest BCUT2D eigenvalue weighted by Gasteiger charge is -2.16. The molecule has 86 valence electrons. The van der Waals surface area contributed by atoms with Gasteiger partial charge in [-0.1, -0.05) is 18.2 Å². The molecule has 0 fully saturated rings. The molecule has 0 saturated heterocycles. The van der Waals surface area contributed by atoms with Crippen molar-refractivity contribution in [3.8, 4) is 0 Å². The first-order valence-electron chi connectivity index (χ1n) is 4.65. The predicted molar refractivity (Wildman–Crippen MR) is 53.7 cm³/mol. The normalized spacial score (nSPS) is 14.3. The molecule has 1 aromatic carbocycles. The van der Waals surface area contributed by atoms with Gasteiger partial charge in [-0.15, -0.1) is 0 Å². The molecule has 1 aromatic heterocycles. The van der Waals surface area contributed by atoms with Crippen LogP contribution in [0.25, 0.3) is 10.9 Å². The molecule has 3 nitrogen and oxygen atoms in total. The molecule has 0 bridgehead atoms. The maximum Gasteiger partial charge on any atom is 0.409 e. The maximum atomic E-state index is 12.6. The molecular weight excluding hydrogens is 219 g/mol. The van der Waals surface area contributed by atoms with E-state index in [0.29, 0.717) is 10.9 Å². The van der Waals surface area contributed by atoms with Gasteiger partial charge in [0.1, 0.15) is 6.04 Å². The highest BCUT2D eigenvalue weighted by atomic mass is 19.4. The third-order valence-corrected chi connectivity index (χ3v) is 2.43. The number of hydrogen-bond acceptors (Lipinski definition) is 2. The van der Waals surface area contributed by atoms with Crippen molar-refractivity contribution < 1.29 is 13.2 Å². The maximum absolute atomic E-state index is 12.6. The Kier molecular flexibility index (Phi) is 2.38. The van der Waals surface area contributed by atoms with Crippen molar-refractivity contribution in [1.82, 2.24) is 9.78 Å². The summed E-state index contributed by atoms with van der Waals surface area (Å²) in [6.45, 7) is 0. The predicted octanol–water partition coefficient (Wildman–Crippen LogP) is 2.14. The number of benzene rings is 1. The van der Waals surface area contributed by atoms with Crippen LogP contribution < -0.4 is 5.73 Å². The molecule has 2 N–H and O–H groups in total. The summed E-state index contributed by atoms with van der Waals surface area (Å²) in [6, 6.07) is 4.62. The van der Waals surface area contributed by atoms with Gasteiger partial charge in [0.05, 0.1) is 11.2 Å². The summed E-state index contributed by atoms with van der Waals surface area (Å²) in [5, 5.41) is 4.42. The standard InChI is InChI=1S/C10H10F3N3/c1-16-8(9(14)10(11,12)13)6-4-2-3-5-7(6)15-16/h2-5,9H,14H2,1H3. The van der Waals surface area contributed by atoms with Crippen LogP contribution in [0.5, 0.6) is 0 Å². The van der Waals surface area contributed by atoms with Crippen molar-refractivity contribution >= 4 is 10.9 Å². The van der Waals surface area contributed by atoms with E-state index >= 15 is 0 Å². The molecule has 6 heteroatoms. The largest absolute Gasteiger partial charge is 0.409 e. The minimum Gasteiger partial charge on any atom is -0.315 e. The number of alkyl halides is 3. The second kappa shape index (κ2) is 3.48. The first-order valence-corrected chi connectivity index (χ1v) is 4.65. The fraction of sp³-hybridized carbons (Fsp3) is 0.300. The van der Waals surface area contributed by atoms with Crippen molar-refractivity contribution in [2.24, 2.45) is 12.8 Å². The van der Waals surface area contributed by atoms with Gasteiger partial charge in [-0.3, -0.25) is 4.68 Å². The molecule has 1 atom stereocenters. The Bertz CT molecular complexity index is 515. The van der Waals surface area contributed by atoms with Crippen molar-refractivity contribution in [1.29, 1.82) is 0 Å². The van der Waals surface area contributed by atoms with Crippen LogP contribution in [0.1, 0.15) is 11.7 Å². The van der Waals surface area contributed by atoms with E-state index < -0.39 is 12.2 Å². The first kappa shape index (κ1) is 10.9. The molecule has 0 spiro atoms. The van der Waals surface area contributed by atoms with Crippen LogP contribution in [0.4, 0.5) is 13.2 Å². The van der Waals surface area contributed by atoms with E-state index in [1.807, 2.05) is 0 Å². The summed E-state index contributed by atoms with van der Waals surface area (Å²) >= 11 is 0. The van der Waals surface area contributed by atoms with Crippen LogP contribution >= 0.6 is 0 Å². The second-order valence-corrected chi connectivity index (χ2v) is 3.55. The number of hydrogen-bond donors (Lipinski definition) is 1. The smallest absolute Gasteiger partial charge is 0.315 e. The minimum absolute atomic E-state index is 0.0110. The van der Waals surface area contributed by atoms with Gasteiger partial charge in [-0.25, -0.2) is 0 Å². The van der Waals surface area contributed by atoms with Crippen LogP contribution in [0.2, 0.25) is 0 Å². The molecule has 0 aliphatic rings. The summed E-state index contributed by atoms with van der Waals surface area (Å²) in [5.41, 5.74) is 5.70. The molecule has 0 aliphatic heterocycles. The number of rotatable bonds is 1. The highest BCUT2D eigenvalue weighted by Gasteiger charge is 2.40. The molecular formula is C10H10F3N3. The average molecular weight is 229 g/mol. The van der Waals surface area contributed by atoms with E-state index in [9.17, 15) is 13.2 Å². The number of aromatic nitrogens is 2. The van der Waals surface area contributed by atoms with Gasteiger partial charge < -0.3 is 5.73 Å². The fourth-order valence-electron chi connectivity index (χ4n) is 1.69. The number of halogens is 3. The zero-order valence-electron chi connectivity index (χ0n) is 8.49. The molecule has 16 heavy (non-hydrogen) atoms. The molecule has 0 radical (unpaired) electrons. The van der Waals surface area contributed by atoms with E-state index in [1.165, 1.54) is 11.7 Å². The van der Waals surface area contributed by atoms with Crippen LogP contribution in [0.15, 0.2) is 24.3 Å². The topological polar surface area (TPSA) is 43.8 Å². The van der Waals surface area contributed by atoms with Crippen molar-refractivity contribution in [3.63, 3.8) is 0 Å². The van der Waals surface area contributed by atoms with Crippen LogP contribution in [0, 0.1) is 0 Å². The summed E-state index contributed by atoms with van der Waals surface area (Å²) in [7, 11) is 1.46. The molecule has 0 amide bonds. The Labute approximate surface area is 89.7 Å². The van der Waals surface area contributed by atoms with E-state index in [0.717, 1.165) is 0 Å². The highest BCUT2D eigenvalue weighted by molar-refractivity contribution is 5.82. The molecule has 2 rings (SSSR count). The Morgan fingerprint density at radius 3 is 2.56 bits per heavy atom. The number of fused-ring (bicyclic) bond motifs is 1. The highest BCUT2D eigenvalue weighted by Crippen LogP contribution is 2.33. The number of nitrogens with zero attached hydrogens (tertiary/aromatic N) is 2. The molecule has 2 aromatic rings. The lowest BCUT2D eigenvalue weighted by atomic mass is 10.1. The quantitative estimate of drug-likeness (QED) is 0.814. The third kappa shape index (κ3) is 1.65. The summed E-state index contributed by atoms with van der Waals surface area (Å²) < 4.78 is 38.8. The Hall–Kier alpha value is -1.56. The van der Waals surface area contributed by atoms with Gasteiger partial charge in [0.2, 0.25) is 0 Å². The van der Waals surface area contributed by atoms with Gasteiger partial charge in [-0.2, -0.15) is 18.3 Å². The van der Waals surface area contributed by atoms with Crippen molar-refractivity contribution in [2.45, 2.75) is 12.2 Å². The lowest BCUT2D eigenvalue weighted by Crippen LogP contribution is -2.30. The average Bonchev–Trinajstić information content (AvgIpc) is 2.51. The van der Waals surface area contributed by atoms with Gasteiger partial charge >= 0.3 is 6.18 Å². The lowest BCUT2D eigenvalue weighted by molar-refractivity contribution is -0.150. The Morgan fingerprint density at radius 2 is 1.94 bits per heavy atom.